The molecule has 0 spiro atoms. The van der Waals surface area contributed by atoms with Gasteiger partial charge in [-0.2, -0.15) is 0 Å². The van der Waals surface area contributed by atoms with Crippen molar-refractivity contribution in [2.75, 3.05) is 10.6 Å². The second-order valence-electron chi connectivity index (χ2n) is 5.71. The fourth-order valence-corrected chi connectivity index (χ4v) is 3.09. The Morgan fingerprint density at radius 2 is 1.52 bits per heavy atom. The number of hydrogen-bond acceptors (Lipinski definition) is 3. The summed E-state index contributed by atoms with van der Waals surface area (Å²) in [5, 5.41) is 7.58. The van der Waals surface area contributed by atoms with Crippen LogP contribution in [-0.4, -0.2) is 11.8 Å². The maximum absolute atomic E-state index is 12.5. The topological polar surface area (TPSA) is 58.2 Å². The third kappa shape index (κ3) is 3.95. The number of aryl methyl sites for hydroxylation is 1. The predicted molar refractivity (Wildman–Crippen MR) is 103 cm³/mol. The third-order valence-corrected chi connectivity index (χ3v) is 4.84. The van der Waals surface area contributed by atoms with Gasteiger partial charge in [-0.1, -0.05) is 24.3 Å². The number of nitrogens with one attached hydrogen (secondary N) is 2. The van der Waals surface area contributed by atoms with Crippen molar-refractivity contribution < 1.29 is 9.59 Å². The minimum Gasteiger partial charge on any atom is -0.322 e. The first kappa shape index (κ1) is 16.9. The van der Waals surface area contributed by atoms with Gasteiger partial charge in [0.1, 0.15) is 0 Å². The van der Waals surface area contributed by atoms with E-state index >= 15 is 0 Å². The Labute approximate surface area is 150 Å². The van der Waals surface area contributed by atoms with Gasteiger partial charge in [0.15, 0.2) is 0 Å². The van der Waals surface area contributed by atoms with Crippen molar-refractivity contribution in [1.82, 2.24) is 0 Å². The Bertz CT molecular complexity index is 917. The zero-order valence-electron chi connectivity index (χ0n) is 14.0. The van der Waals surface area contributed by atoms with Gasteiger partial charge in [0.2, 0.25) is 0 Å². The smallest absolute Gasteiger partial charge is 0.265 e. The molecule has 5 heteroatoms. The van der Waals surface area contributed by atoms with Gasteiger partial charge in [-0.25, -0.2) is 0 Å². The van der Waals surface area contributed by atoms with E-state index in [0.29, 0.717) is 21.8 Å². The number of carbonyl (C=O) groups excluding carboxylic acids is 2. The molecule has 25 heavy (non-hydrogen) atoms. The van der Waals surface area contributed by atoms with Crippen molar-refractivity contribution in [2.24, 2.45) is 0 Å². The highest BCUT2D eigenvalue weighted by Gasteiger charge is 2.11. The van der Waals surface area contributed by atoms with Crippen LogP contribution in [0.5, 0.6) is 0 Å². The number of anilines is 2. The molecule has 2 amide bonds. The molecule has 0 saturated carbocycles. The molecule has 0 fully saturated rings. The van der Waals surface area contributed by atoms with Crippen LogP contribution in [0.4, 0.5) is 11.4 Å². The highest BCUT2D eigenvalue weighted by molar-refractivity contribution is 7.12. The molecule has 0 unspecified atom stereocenters. The van der Waals surface area contributed by atoms with Crippen LogP contribution in [-0.2, 0) is 0 Å². The average Bonchev–Trinajstić information content (AvgIpc) is 3.12. The van der Waals surface area contributed by atoms with Crippen LogP contribution in [0.2, 0.25) is 0 Å². The first-order valence-corrected chi connectivity index (χ1v) is 8.75. The van der Waals surface area contributed by atoms with E-state index in [2.05, 4.69) is 10.6 Å². The summed E-state index contributed by atoms with van der Waals surface area (Å²) in [5.41, 5.74) is 3.95. The summed E-state index contributed by atoms with van der Waals surface area (Å²) < 4.78 is 0. The largest absolute Gasteiger partial charge is 0.322 e. The fraction of sp³-hybridized carbons (Fsp3) is 0.100. The molecule has 1 aromatic heterocycles. The summed E-state index contributed by atoms with van der Waals surface area (Å²) in [5.74, 6) is -0.323. The van der Waals surface area contributed by atoms with Crippen LogP contribution >= 0.6 is 11.3 Å². The van der Waals surface area contributed by atoms with Gasteiger partial charge in [-0.3, -0.25) is 9.59 Å². The van der Waals surface area contributed by atoms with Crippen LogP contribution in [0.15, 0.2) is 60.0 Å². The monoisotopic (exact) mass is 350 g/mol. The molecule has 0 aliphatic rings. The van der Waals surface area contributed by atoms with E-state index in [-0.39, 0.29) is 11.8 Å². The van der Waals surface area contributed by atoms with Gasteiger partial charge in [-0.05, 0) is 60.7 Å². The minimum absolute atomic E-state index is 0.159. The molecule has 0 aliphatic carbocycles. The van der Waals surface area contributed by atoms with Crippen molar-refractivity contribution in [3.05, 3.63) is 81.5 Å². The SMILES string of the molecule is Cc1cccc(C(=O)Nc2cccc(NC(=O)c3cccs3)c2)c1C. The zero-order valence-corrected chi connectivity index (χ0v) is 14.8. The second kappa shape index (κ2) is 7.32. The lowest BCUT2D eigenvalue weighted by Crippen LogP contribution is -2.14. The molecule has 0 aliphatic heterocycles. The van der Waals surface area contributed by atoms with Gasteiger partial charge in [0.05, 0.1) is 4.88 Å². The Hall–Kier alpha value is -2.92. The number of hydrogen-bond donors (Lipinski definition) is 2. The molecular formula is C20H18N2O2S. The standard InChI is InChI=1S/C20H18N2O2S/c1-13-6-3-9-17(14(13)2)19(23)21-15-7-4-8-16(12-15)22-20(24)18-10-5-11-25-18/h3-12H,1-2H3,(H,21,23)(H,22,24). The first-order valence-electron chi connectivity index (χ1n) is 7.87. The van der Waals surface area contributed by atoms with Crippen LogP contribution in [0.3, 0.4) is 0 Å². The van der Waals surface area contributed by atoms with Gasteiger partial charge >= 0.3 is 0 Å². The van der Waals surface area contributed by atoms with Crippen molar-refractivity contribution in [1.29, 1.82) is 0 Å². The summed E-state index contributed by atoms with van der Waals surface area (Å²) in [6, 6.07) is 16.4. The molecule has 0 atom stereocenters. The molecule has 3 rings (SSSR count). The van der Waals surface area contributed by atoms with E-state index in [1.807, 2.05) is 37.4 Å². The Kier molecular flexibility index (Phi) is 4.95. The molecule has 1 heterocycles. The molecule has 2 aromatic carbocycles. The maximum Gasteiger partial charge on any atom is 0.265 e. The molecule has 126 valence electrons. The van der Waals surface area contributed by atoms with Crippen LogP contribution < -0.4 is 10.6 Å². The molecule has 0 saturated heterocycles. The normalized spacial score (nSPS) is 10.3. The predicted octanol–water partition coefficient (Wildman–Crippen LogP) is 4.87. The number of rotatable bonds is 4. The molecule has 3 aromatic rings. The lowest BCUT2D eigenvalue weighted by molar-refractivity contribution is 0.102. The Morgan fingerprint density at radius 1 is 0.840 bits per heavy atom. The van der Waals surface area contributed by atoms with E-state index in [4.69, 9.17) is 0 Å². The molecule has 4 nitrogen and oxygen atoms in total. The first-order chi connectivity index (χ1) is 12.0. The summed E-state index contributed by atoms with van der Waals surface area (Å²) in [4.78, 5) is 25.3. The second-order valence-corrected chi connectivity index (χ2v) is 6.66. The lowest BCUT2D eigenvalue weighted by atomic mass is 10.0. The highest BCUT2D eigenvalue weighted by atomic mass is 32.1. The maximum atomic E-state index is 12.5. The Morgan fingerprint density at radius 3 is 2.20 bits per heavy atom. The molecular weight excluding hydrogens is 332 g/mol. The average molecular weight is 350 g/mol. The molecule has 0 bridgehead atoms. The number of amides is 2. The van der Waals surface area contributed by atoms with Gasteiger partial charge in [-0.15, -0.1) is 11.3 Å². The number of carbonyl (C=O) groups is 2. The molecule has 2 N–H and O–H groups in total. The minimum atomic E-state index is -0.164. The van der Waals surface area contributed by atoms with Crippen molar-refractivity contribution in [2.45, 2.75) is 13.8 Å². The van der Waals surface area contributed by atoms with Gasteiger partial charge < -0.3 is 10.6 Å². The zero-order chi connectivity index (χ0) is 17.8. The highest BCUT2D eigenvalue weighted by Crippen LogP contribution is 2.19. The van der Waals surface area contributed by atoms with Crippen LogP contribution in [0.25, 0.3) is 0 Å². The third-order valence-electron chi connectivity index (χ3n) is 3.97. The quantitative estimate of drug-likeness (QED) is 0.705. The molecule has 0 radical (unpaired) electrons. The van der Waals surface area contributed by atoms with E-state index in [1.165, 1.54) is 11.3 Å². The van der Waals surface area contributed by atoms with Crippen molar-refractivity contribution in [3.63, 3.8) is 0 Å². The van der Waals surface area contributed by atoms with Crippen molar-refractivity contribution >= 4 is 34.5 Å². The van der Waals surface area contributed by atoms with E-state index in [1.54, 1.807) is 36.4 Å². The van der Waals surface area contributed by atoms with Crippen LogP contribution in [0, 0.1) is 13.8 Å². The summed E-state index contributed by atoms with van der Waals surface area (Å²) in [7, 11) is 0. The number of thiophene rings is 1. The van der Waals surface area contributed by atoms with Crippen LogP contribution in [0.1, 0.15) is 31.2 Å². The van der Waals surface area contributed by atoms with E-state index in [0.717, 1.165) is 11.1 Å². The summed E-state index contributed by atoms with van der Waals surface area (Å²) >= 11 is 1.38. The van der Waals surface area contributed by atoms with Crippen molar-refractivity contribution in [3.8, 4) is 0 Å². The van der Waals surface area contributed by atoms with Gasteiger partial charge in [0, 0.05) is 16.9 Å². The lowest BCUT2D eigenvalue weighted by Gasteiger charge is -2.11. The van der Waals surface area contributed by atoms with E-state index in [9.17, 15) is 9.59 Å². The number of benzene rings is 2. The summed E-state index contributed by atoms with van der Waals surface area (Å²) in [6.07, 6.45) is 0. The van der Waals surface area contributed by atoms with Gasteiger partial charge in [0.25, 0.3) is 11.8 Å². The van der Waals surface area contributed by atoms with E-state index < -0.39 is 0 Å². The Balaban J connectivity index is 1.74. The summed E-state index contributed by atoms with van der Waals surface area (Å²) in [6.45, 7) is 3.91. The fourth-order valence-electron chi connectivity index (χ4n) is 2.47.